The topological polar surface area (TPSA) is 102 Å². The largest absolute Gasteiger partial charge is 0.497 e. The molecule has 0 atom stereocenters. The van der Waals surface area contributed by atoms with Gasteiger partial charge in [-0.2, -0.15) is 0 Å². The summed E-state index contributed by atoms with van der Waals surface area (Å²) in [6, 6.07) is 21.3. The summed E-state index contributed by atoms with van der Waals surface area (Å²) in [5.41, 5.74) is 4.22. The Balaban J connectivity index is 1.21. The summed E-state index contributed by atoms with van der Waals surface area (Å²) in [5, 5.41) is 5.57. The zero-order valence-electron chi connectivity index (χ0n) is 21.9. The van der Waals surface area contributed by atoms with Gasteiger partial charge in [-0.3, -0.25) is 4.79 Å². The van der Waals surface area contributed by atoms with Crippen LogP contribution in [0.2, 0.25) is 0 Å². The molecule has 200 valence electrons. The molecule has 0 saturated carbocycles. The highest BCUT2D eigenvalue weighted by atomic mass is 16.5. The molecule has 0 bridgehead atoms. The molecule has 3 aromatic carbocycles. The average molecular weight is 528 g/mol. The van der Waals surface area contributed by atoms with E-state index in [2.05, 4.69) is 10.6 Å². The maximum Gasteiger partial charge on any atom is 0.323 e. The lowest BCUT2D eigenvalue weighted by Crippen LogP contribution is -2.35. The zero-order chi connectivity index (χ0) is 27.4. The van der Waals surface area contributed by atoms with Crippen LogP contribution in [-0.2, 0) is 13.0 Å². The molecule has 1 aliphatic rings. The van der Waals surface area contributed by atoms with E-state index in [0.717, 1.165) is 23.1 Å². The summed E-state index contributed by atoms with van der Waals surface area (Å²) in [6.07, 6.45) is 0.718. The molecule has 5 rings (SSSR count). The number of hydrogen-bond donors (Lipinski definition) is 2. The van der Waals surface area contributed by atoms with E-state index in [-0.39, 0.29) is 17.7 Å². The van der Waals surface area contributed by atoms with Crippen LogP contribution >= 0.6 is 0 Å². The lowest BCUT2D eigenvalue weighted by Gasteiger charge is -2.29. The van der Waals surface area contributed by atoms with Crippen molar-refractivity contribution in [3.05, 3.63) is 89.7 Å². The number of urea groups is 1. The first-order chi connectivity index (χ1) is 19.0. The number of anilines is 2. The molecule has 1 aromatic heterocycles. The lowest BCUT2D eigenvalue weighted by atomic mass is 9.98. The number of carbonyl (C=O) groups excluding carboxylic acids is 2. The van der Waals surface area contributed by atoms with Crippen LogP contribution in [0.4, 0.5) is 16.2 Å². The Kier molecular flexibility index (Phi) is 7.40. The van der Waals surface area contributed by atoms with Crippen LogP contribution < -0.4 is 24.8 Å². The van der Waals surface area contributed by atoms with Crippen molar-refractivity contribution in [3.63, 3.8) is 0 Å². The highest BCUT2D eigenvalue weighted by molar-refractivity contribution is 6.00. The predicted molar refractivity (Wildman–Crippen MR) is 148 cm³/mol. The molecule has 9 heteroatoms. The lowest BCUT2D eigenvalue weighted by molar-refractivity contribution is 0.0703. The Labute approximate surface area is 226 Å². The van der Waals surface area contributed by atoms with Gasteiger partial charge in [-0.15, -0.1) is 0 Å². The smallest absolute Gasteiger partial charge is 0.323 e. The quantitative estimate of drug-likeness (QED) is 0.314. The minimum Gasteiger partial charge on any atom is -0.497 e. The average Bonchev–Trinajstić information content (AvgIpc) is 3.47. The molecule has 2 N–H and O–H groups in total. The van der Waals surface area contributed by atoms with Gasteiger partial charge < -0.3 is 34.2 Å². The third-order valence-corrected chi connectivity index (χ3v) is 6.60. The van der Waals surface area contributed by atoms with Gasteiger partial charge >= 0.3 is 6.03 Å². The molecule has 4 aromatic rings. The van der Waals surface area contributed by atoms with Gasteiger partial charge in [0.05, 0.1) is 21.3 Å². The van der Waals surface area contributed by atoms with Crippen molar-refractivity contribution in [1.29, 1.82) is 0 Å². The summed E-state index contributed by atoms with van der Waals surface area (Å²) in [6.45, 7) is 1.04. The normalized spacial score (nSPS) is 12.3. The summed E-state index contributed by atoms with van der Waals surface area (Å²) in [7, 11) is 4.80. The van der Waals surface area contributed by atoms with Gasteiger partial charge in [-0.05, 0) is 90.3 Å². The zero-order valence-corrected chi connectivity index (χ0v) is 21.9. The first-order valence-electron chi connectivity index (χ1n) is 12.4. The fourth-order valence-electron chi connectivity index (χ4n) is 4.51. The van der Waals surface area contributed by atoms with Crippen LogP contribution in [0, 0.1) is 0 Å². The Morgan fingerprint density at radius 2 is 1.38 bits per heavy atom. The van der Waals surface area contributed by atoms with E-state index in [9.17, 15) is 9.59 Å². The van der Waals surface area contributed by atoms with Crippen molar-refractivity contribution < 1.29 is 28.2 Å². The summed E-state index contributed by atoms with van der Waals surface area (Å²) >= 11 is 0. The van der Waals surface area contributed by atoms with Crippen LogP contribution in [0.5, 0.6) is 17.2 Å². The molecular weight excluding hydrogens is 498 g/mol. The van der Waals surface area contributed by atoms with Gasteiger partial charge in [0, 0.05) is 30.0 Å². The van der Waals surface area contributed by atoms with E-state index in [4.69, 9.17) is 18.6 Å². The SMILES string of the molecule is COc1ccc(NC(=O)Nc2ccc(-c3ccc(C(=O)N4CCc5cc(OC)c(OC)cc5C4)o3)cc2)cc1. The van der Waals surface area contributed by atoms with Crippen molar-refractivity contribution in [2.45, 2.75) is 13.0 Å². The van der Waals surface area contributed by atoms with Crippen molar-refractivity contribution in [3.8, 4) is 28.6 Å². The monoisotopic (exact) mass is 527 g/mol. The standard InChI is InChI=1S/C30H29N3O6/c1-36-24-10-8-23(9-11-24)32-30(35)31-22-6-4-19(5-7-22)25-12-13-26(39-25)29(34)33-15-14-20-16-27(37-2)28(38-3)17-21(20)18-33/h4-13,16-17H,14-15,18H2,1-3H3,(H2,31,32,35). The molecule has 0 spiro atoms. The van der Waals surface area contributed by atoms with Crippen LogP contribution in [0.15, 0.2) is 77.2 Å². The van der Waals surface area contributed by atoms with Gasteiger partial charge in [0.2, 0.25) is 0 Å². The molecule has 0 saturated heterocycles. The van der Waals surface area contributed by atoms with Crippen molar-refractivity contribution in [1.82, 2.24) is 4.90 Å². The third kappa shape index (κ3) is 5.67. The number of methoxy groups -OCH3 is 3. The van der Waals surface area contributed by atoms with Crippen molar-refractivity contribution in [2.75, 3.05) is 38.5 Å². The van der Waals surface area contributed by atoms with Crippen molar-refractivity contribution >= 4 is 23.3 Å². The van der Waals surface area contributed by atoms with Crippen LogP contribution in [0.3, 0.4) is 0 Å². The number of fused-ring (bicyclic) bond motifs is 1. The number of hydrogen-bond acceptors (Lipinski definition) is 6. The van der Waals surface area contributed by atoms with Crippen molar-refractivity contribution in [2.24, 2.45) is 0 Å². The number of amides is 3. The van der Waals surface area contributed by atoms with Crippen LogP contribution in [0.1, 0.15) is 21.7 Å². The van der Waals surface area contributed by atoms with Gasteiger partial charge in [0.25, 0.3) is 5.91 Å². The van der Waals surface area contributed by atoms with Gasteiger partial charge in [0.1, 0.15) is 11.5 Å². The fourth-order valence-corrected chi connectivity index (χ4v) is 4.51. The van der Waals surface area contributed by atoms with E-state index < -0.39 is 0 Å². The number of furan rings is 1. The molecule has 0 aliphatic carbocycles. The number of nitrogens with zero attached hydrogens (tertiary/aromatic N) is 1. The number of benzene rings is 3. The maximum absolute atomic E-state index is 13.2. The van der Waals surface area contributed by atoms with Crippen LogP contribution in [-0.4, -0.2) is 44.7 Å². The Morgan fingerprint density at radius 1 is 0.769 bits per heavy atom. The predicted octanol–water partition coefficient (Wildman–Crippen LogP) is 5.81. The van der Waals surface area contributed by atoms with Gasteiger partial charge in [-0.25, -0.2) is 4.79 Å². The third-order valence-electron chi connectivity index (χ3n) is 6.60. The fraction of sp³-hybridized carbons (Fsp3) is 0.200. The molecule has 3 amide bonds. The second kappa shape index (κ2) is 11.2. The maximum atomic E-state index is 13.2. The minimum atomic E-state index is -0.363. The second-order valence-electron chi connectivity index (χ2n) is 9.00. The minimum absolute atomic E-state index is 0.171. The number of ether oxygens (including phenoxy) is 3. The number of nitrogens with one attached hydrogen (secondary N) is 2. The Morgan fingerprint density at radius 3 is 2.00 bits per heavy atom. The number of carbonyl (C=O) groups is 2. The summed E-state index contributed by atoms with van der Waals surface area (Å²) in [5.74, 6) is 2.71. The molecule has 0 unspecified atom stereocenters. The van der Waals surface area contributed by atoms with Gasteiger partial charge in [-0.1, -0.05) is 0 Å². The molecule has 39 heavy (non-hydrogen) atoms. The van der Waals surface area contributed by atoms with E-state index in [1.54, 1.807) is 74.8 Å². The van der Waals surface area contributed by atoms with E-state index in [0.29, 0.717) is 47.5 Å². The van der Waals surface area contributed by atoms with Gasteiger partial charge in [0.15, 0.2) is 17.3 Å². The first-order valence-corrected chi connectivity index (χ1v) is 12.4. The van der Waals surface area contributed by atoms with E-state index in [1.165, 1.54) is 0 Å². The highest BCUT2D eigenvalue weighted by Crippen LogP contribution is 2.34. The summed E-state index contributed by atoms with van der Waals surface area (Å²) in [4.78, 5) is 27.3. The molecule has 9 nitrogen and oxygen atoms in total. The molecule has 2 heterocycles. The van der Waals surface area contributed by atoms with E-state index >= 15 is 0 Å². The van der Waals surface area contributed by atoms with Crippen LogP contribution in [0.25, 0.3) is 11.3 Å². The Bertz CT molecular complexity index is 1480. The molecule has 0 fully saturated rings. The van der Waals surface area contributed by atoms with E-state index in [1.807, 2.05) is 24.3 Å². The molecule has 1 aliphatic heterocycles. The molecule has 0 radical (unpaired) electrons. The number of rotatable bonds is 7. The summed E-state index contributed by atoms with van der Waals surface area (Å²) < 4.78 is 21.9. The molecular formula is C30H29N3O6. The Hall–Kier alpha value is -4.92. The highest BCUT2D eigenvalue weighted by Gasteiger charge is 2.25. The second-order valence-corrected chi connectivity index (χ2v) is 9.00. The first kappa shape index (κ1) is 25.7.